The first-order valence-electron chi connectivity index (χ1n) is 6.95. The quantitative estimate of drug-likeness (QED) is 0.863. The van der Waals surface area contributed by atoms with Gasteiger partial charge in [0, 0.05) is 28.8 Å². The molecule has 0 amide bonds. The zero-order valence-electron chi connectivity index (χ0n) is 11.2. The van der Waals surface area contributed by atoms with E-state index < -0.39 is 0 Å². The molecule has 3 heteroatoms. The van der Waals surface area contributed by atoms with Gasteiger partial charge in [0.05, 0.1) is 5.52 Å². The zero-order chi connectivity index (χ0) is 13.3. The molecule has 1 aliphatic rings. The third kappa shape index (κ3) is 2.69. The second kappa shape index (κ2) is 5.01. The predicted octanol–water partition coefficient (Wildman–Crippen LogP) is 4.88. The highest BCUT2D eigenvalue weighted by molar-refractivity contribution is 6.31. The fraction of sp³-hybridized carbons (Fsp3) is 0.438. The van der Waals surface area contributed by atoms with Crippen molar-refractivity contribution in [3.05, 3.63) is 35.5 Å². The lowest BCUT2D eigenvalue weighted by molar-refractivity contribution is 0.362. The van der Waals surface area contributed by atoms with Crippen LogP contribution >= 0.6 is 11.6 Å². The molecule has 1 saturated carbocycles. The molecular formula is C16H19ClN2. The molecule has 3 rings (SSSR count). The first-order chi connectivity index (χ1) is 9.16. The summed E-state index contributed by atoms with van der Waals surface area (Å²) in [6.07, 6.45) is 7.23. The highest BCUT2D eigenvalue weighted by Gasteiger charge is 2.28. The van der Waals surface area contributed by atoms with E-state index in [0.717, 1.165) is 28.2 Å². The molecule has 1 heterocycles. The summed E-state index contributed by atoms with van der Waals surface area (Å²) in [6, 6.07) is 7.94. The van der Waals surface area contributed by atoms with E-state index in [-0.39, 0.29) is 0 Å². The normalized spacial score (nSPS) is 17.8. The van der Waals surface area contributed by atoms with Gasteiger partial charge in [-0.15, -0.1) is 0 Å². The topological polar surface area (TPSA) is 24.9 Å². The summed E-state index contributed by atoms with van der Waals surface area (Å²) >= 11 is 6.01. The van der Waals surface area contributed by atoms with Crippen LogP contribution in [0.3, 0.4) is 0 Å². The fourth-order valence-corrected chi connectivity index (χ4v) is 3.16. The van der Waals surface area contributed by atoms with E-state index in [1.165, 1.54) is 25.7 Å². The van der Waals surface area contributed by atoms with Gasteiger partial charge in [-0.2, -0.15) is 0 Å². The Balaban J connectivity index is 1.84. The van der Waals surface area contributed by atoms with E-state index in [9.17, 15) is 0 Å². The highest BCUT2D eigenvalue weighted by atomic mass is 35.5. The molecule has 1 aromatic heterocycles. The molecule has 0 atom stereocenters. The second-order valence-electron chi connectivity index (χ2n) is 5.89. The Kier molecular flexibility index (Phi) is 3.36. The third-order valence-corrected chi connectivity index (χ3v) is 4.46. The molecule has 0 bridgehead atoms. The zero-order valence-corrected chi connectivity index (χ0v) is 12.0. The molecule has 0 spiro atoms. The van der Waals surface area contributed by atoms with Crippen LogP contribution in [0.15, 0.2) is 30.5 Å². The van der Waals surface area contributed by atoms with Crippen molar-refractivity contribution in [1.29, 1.82) is 0 Å². The van der Waals surface area contributed by atoms with Gasteiger partial charge in [-0.1, -0.05) is 31.4 Å². The molecule has 1 aliphatic carbocycles. The molecule has 0 saturated heterocycles. The summed E-state index contributed by atoms with van der Waals surface area (Å²) in [7, 11) is 0. The van der Waals surface area contributed by atoms with Crippen molar-refractivity contribution in [2.24, 2.45) is 5.41 Å². The van der Waals surface area contributed by atoms with Crippen LogP contribution in [-0.2, 0) is 0 Å². The van der Waals surface area contributed by atoms with Gasteiger partial charge in [-0.05, 0) is 42.5 Å². The number of nitrogens with one attached hydrogen (secondary N) is 1. The number of fused-ring (bicyclic) bond motifs is 1. The van der Waals surface area contributed by atoms with Gasteiger partial charge in [0.2, 0.25) is 0 Å². The number of hydrogen-bond acceptors (Lipinski definition) is 2. The molecule has 2 nitrogen and oxygen atoms in total. The van der Waals surface area contributed by atoms with Crippen molar-refractivity contribution in [1.82, 2.24) is 4.98 Å². The molecule has 19 heavy (non-hydrogen) atoms. The largest absolute Gasteiger partial charge is 0.384 e. The van der Waals surface area contributed by atoms with Crippen LogP contribution in [0.1, 0.15) is 32.6 Å². The maximum Gasteiger partial charge on any atom is 0.0737 e. The number of pyridine rings is 1. The number of rotatable bonds is 3. The van der Waals surface area contributed by atoms with Crippen molar-refractivity contribution < 1.29 is 0 Å². The van der Waals surface area contributed by atoms with E-state index in [0.29, 0.717) is 5.41 Å². The number of anilines is 1. The van der Waals surface area contributed by atoms with Gasteiger partial charge in [0.15, 0.2) is 0 Å². The minimum Gasteiger partial charge on any atom is -0.384 e. The molecular weight excluding hydrogens is 256 g/mol. The lowest BCUT2D eigenvalue weighted by Gasteiger charge is -2.24. The molecule has 1 N–H and O–H groups in total. The van der Waals surface area contributed by atoms with Gasteiger partial charge in [-0.3, -0.25) is 4.98 Å². The fourth-order valence-electron chi connectivity index (χ4n) is 2.99. The number of hydrogen-bond donors (Lipinski definition) is 1. The van der Waals surface area contributed by atoms with Crippen molar-refractivity contribution in [2.75, 3.05) is 11.9 Å². The van der Waals surface area contributed by atoms with Gasteiger partial charge in [0.25, 0.3) is 0 Å². The van der Waals surface area contributed by atoms with Crippen LogP contribution in [0.25, 0.3) is 10.9 Å². The van der Waals surface area contributed by atoms with Crippen LogP contribution < -0.4 is 5.32 Å². The van der Waals surface area contributed by atoms with Crippen molar-refractivity contribution in [3.8, 4) is 0 Å². The minimum absolute atomic E-state index is 0.446. The Bertz CT molecular complexity index is 588. The van der Waals surface area contributed by atoms with Crippen LogP contribution in [-0.4, -0.2) is 11.5 Å². The van der Waals surface area contributed by atoms with Crippen molar-refractivity contribution >= 4 is 28.2 Å². The number of nitrogens with zero attached hydrogens (tertiary/aromatic N) is 1. The Labute approximate surface area is 119 Å². The van der Waals surface area contributed by atoms with Crippen LogP contribution in [0.5, 0.6) is 0 Å². The number of halogens is 1. The van der Waals surface area contributed by atoms with E-state index >= 15 is 0 Å². The standard InChI is InChI=1S/C16H19ClN2/c1-16(7-2-3-8-16)11-19-14-6-9-18-15-10-12(17)4-5-13(14)15/h4-6,9-10H,2-3,7-8,11H2,1H3,(H,18,19). The molecule has 2 aromatic rings. The molecule has 100 valence electrons. The Morgan fingerprint density at radius 1 is 1.26 bits per heavy atom. The van der Waals surface area contributed by atoms with Crippen LogP contribution in [0.2, 0.25) is 5.02 Å². The van der Waals surface area contributed by atoms with E-state index in [4.69, 9.17) is 11.6 Å². The summed E-state index contributed by atoms with van der Waals surface area (Å²) in [5.41, 5.74) is 2.56. The van der Waals surface area contributed by atoms with Gasteiger partial charge < -0.3 is 5.32 Å². The van der Waals surface area contributed by atoms with Gasteiger partial charge in [0.1, 0.15) is 0 Å². The summed E-state index contributed by atoms with van der Waals surface area (Å²) in [5, 5.41) is 5.49. The lowest BCUT2D eigenvalue weighted by atomic mass is 9.89. The Morgan fingerprint density at radius 3 is 2.84 bits per heavy atom. The summed E-state index contributed by atoms with van der Waals surface area (Å²) in [6.45, 7) is 3.42. The Hall–Kier alpha value is -1.28. The van der Waals surface area contributed by atoms with Gasteiger partial charge in [-0.25, -0.2) is 0 Å². The van der Waals surface area contributed by atoms with E-state index in [2.05, 4.69) is 23.3 Å². The van der Waals surface area contributed by atoms with Crippen molar-refractivity contribution in [2.45, 2.75) is 32.6 Å². The maximum atomic E-state index is 6.01. The molecule has 0 aliphatic heterocycles. The highest BCUT2D eigenvalue weighted by Crippen LogP contribution is 2.38. The predicted molar refractivity (Wildman–Crippen MR) is 81.8 cm³/mol. The Morgan fingerprint density at radius 2 is 2.05 bits per heavy atom. The number of benzene rings is 1. The molecule has 0 radical (unpaired) electrons. The molecule has 0 unspecified atom stereocenters. The lowest BCUT2D eigenvalue weighted by Crippen LogP contribution is -2.23. The van der Waals surface area contributed by atoms with E-state index in [1.807, 2.05) is 24.4 Å². The van der Waals surface area contributed by atoms with Crippen LogP contribution in [0, 0.1) is 5.41 Å². The summed E-state index contributed by atoms with van der Waals surface area (Å²) < 4.78 is 0. The minimum atomic E-state index is 0.446. The summed E-state index contributed by atoms with van der Waals surface area (Å²) in [5.74, 6) is 0. The first-order valence-corrected chi connectivity index (χ1v) is 7.32. The number of aromatic nitrogens is 1. The average molecular weight is 275 g/mol. The summed E-state index contributed by atoms with van der Waals surface area (Å²) in [4.78, 5) is 4.38. The maximum absolute atomic E-state index is 6.01. The first kappa shape index (κ1) is 12.7. The second-order valence-corrected chi connectivity index (χ2v) is 6.33. The molecule has 1 aromatic carbocycles. The third-order valence-electron chi connectivity index (χ3n) is 4.22. The van der Waals surface area contributed by atoms with Crippen LogP contribution in [0.4, 0.5) is 5.69 Å². The average Bonchev–Trinajstić information content (AvgIpc) is 2.83. The van der Waals surface area contributed by atoms with Crippen molar-refractivity contribution in [3.63, 3.8) is 0 Å². The smallest absolute Gasteiger partial charge is 0.0737 e. The van der Waals surface area contributed by atoms with Gasteiger partial charge >= 0.3 is 0 Å². The monoisotopic (exact) mass is 274 g/mol. The SMILES string of the molecule is CC1(CNc2ccnc3cc(Cl)ccc23)CCCC1. The van der Waals surface area contributed by atoms with E-state index in [1.54, 1.807) is 0 Å². The molecule has 1 fully saturated rings.